The van der Waals surface area contributed by atoms with E-state index in [-0.39, 0.29) is 23.0 Å². The minimum atomic E-state index is -0.703. The van der Waals surface area contributed by atoms with Gasteiger partial charge >= 0.3 is 5.97 Å². The lowest BCUT2D eigenvalue weighted by Crippen LogP contribution is -2.53. The maximum Gasteiger partial charge on any atom is 0.302 e. The molecule has 0 saturated carbocycles. The number of aromatic nitrogens is 2. The van der Waals surface area contributed by atoms with Crippen molar-refractivity contribution >= 4 is 22.9 Å². The van der Waals surface area contributed by atoms with Gasteiger partial charge < -0.3 is 20.1 Å². The average molecular weight is 508 g/mol. The summed E-state index contributed by atoms with van der Waals surface area (Å²) in [5.74, 6) is 0.559. The number of phenols is 1. The zero-order valence-corrected chi connectivity index (χ0v) is 22.1. The lowest BCUT2D eigenvalue weighted by Gasteiger charge is -2.29. The number of phenolic OH excluding ortho intramolecular Hbond substituents is 1. The van der Waals surface area contributed by atoms with Gasteiger partial charge in [0.2, 0.25) is 0 Å². The molecule has 2 heterocycles. The first-order valence-electron chi connectivity index (χ1n) is 12.8. The van der Waals surface area contributed by atoms with Gasteiger partial charge in [-0.2, -0.15) is 0 Å². The van der Waals surface area contributed by atoms with Gasteiger partial charge in [0.25, 0.3) is 5.91 Å². The number of hydrazine groups is 1. The molecule has 3 aromatic rings. The van der Waals surface area contributed by atoms with Crippen LogP contribution in [0, 0.1) is 12.3 Å². The Bertz CT molecular complexity index is 1290. The van der Waals surface area contributed by atoms with Crippen molar-refractivity contribution < 1.29 is 19.4 Å². The van der Waals surface area contributed by atoms with Crippen molar-refractivity contribution in [3.8, 4) is 16.9 Å². The van der Waals surface area contributed by atoms with Crippen LogP contribution in [0.25, 0.3) is 22.2 Å². The molecule has 0 aliphatic carbocycles. The van der Waals surface area contributed by atoms with Crippen molar-refractivity contribution in [3.63, 3.8) is 0 Å². The molecule has 9 nitrogen and oxygen atoms in total. The summed E-state index contributed by atoms with van der Waals surface area (Å²) in [6.07, 6.45) is 2.32. The molecule has 198 valence electrons. The average Bonchev–Trinajstić information content (AvgIpc) is 3.16. The van der Waals surface area contributed by atoms with Gasteiger partial charge in [-0.1, -0.05) is 26.0 Å². The molecule has 2 aromatic carbocycles. The van der Waals surface area contributed by atoms with E-state index in [9.17, 15) is 14.7 Å². The van der Waals surface area contributed by atoms with Gasteiger partial charge in [0.15, 0.2) is 0 Å². The lowest BCUT2D eigenvalue weighted by atomic mass is 9.94. The van der Waals surface area contributed by atoms with Gasteiger partial charge in [-0.25, -0.2) is 10.4 Å². The number of esters is 1. The van der Waals surface area contributed by atoms with Gasteiger partial charge in [0, 0.05) is 32.0 Å². The molecule has 1 saturated heterocycles. The third-order valence-electron chi connectivity index (χ3n) is 6.65. The Morgan fingerprint density at radius 1 is 1.19 bits per heavy atom. The van der Waals surface area contributed by atoms with Crippen molar-refractivity contribution in [1.82, 2.24) is 20.0 Å². The van der Waals surface area contributed by atoms with Crippen LogP contribution in [0.15, 0.2) is 36.4 Å². The third-order valence-corrected chi connectivity index (χ3v) is 6.65. The van der Waals surface area contributed by atoms with E-state index in [4.69, 9.17) is 15.5 Å². The van der Waals surface area contributed by atoms with Crippen molar-refractivity contribution in [2.45, 2.75) is 59.5 Å². The van der Waals surface area contributed by atoms with Crippen LogP contribution in [0.3, 0.4) is 0 Å². The minimum Gasteiger partial charge on any atom is -0.508 e. The van der Waals surface area contributed by atoms with Gasteiger partial charge in [0.05, 0.1) is 23.7 Å². The largest absolute Gasteiger partial charge is 0.508 e. The van der Waals surface area contributed by atoms with Gasteiger partial charge in [-0.05, 0) is 67.1 Å². The molecular weight excluding hydrogens is 470 g/mol. The van der Waals surface area contributed by atoms with E-state index < -0.39 is 6.04 Å². The predicted octanol–water partition coefficient (Wildman–Crippen LogP) is 3.30. The standard InChI is InChI=1S/C28H37N5O4/c1-18-31-25-8-7-21(15-26(25)32(18)16-28(3,4)17-37-19(2)34)22-11-20(12-23(35)14-22)13-24(29)27(36)33-10-6-5-9-30-33/h7-8,11-12,14-15,24,30,35H,5-6,9-10,13,16-17,29H2,1-4H3. The van der Waals surface area contributed by atoms with Crippen LogP contribution in [-0.4, -0.2) is 57.3 Å². The number of rotatable bonds is 8. The Kier molecular flexibility index (Phi) is 7.85. The zero-order chi connectivity index (χ0) is 26.7. The van der Waals surface area contributed by atoms with E-state index in [0.717, 1.165) is 52.9 Å². The summed E-state index contributed by atoms with van der Waals surface area (Å²) in [7, 11) is 0. The number of nitrogens with zero attached hydrogens (tertiary/aromatic N) is 3. The maximum absolute atomic E-state index is 12.8. The number of benzene rings is 2. The molecule has 1 aromatic heterocycles. The van der Waals surface area contributed by atoms with Gasteiger partial charge in [0.1, 0.15) is 11.6 Å². The van der Waals surface area contributed by atoms with E-state index in [1.54, 1.807) is 17.1 Å². The Balaban J connectivity index is 1.59. The molecular formula is C28H37N5O4. The van der Waals surface area contributed by atoms with Gasteiger partial charge in [-0.15, -0.1) is 0 Å². The molecule has 4 rings (SSSR count). The van der Waals surface area contributed by atoms with Crippen LogP contribution in [-0.2, 0) is 27.3 Å². The van der Waals surface area contributed by atoms with Crippen molar-refractivity contribution in [1.29, 1.82) is 0 Å². The SMILES string of the molecule is CC(=O)OCC(C)(C)Cn1c(C)nc2ccc(-c3cc(O)cc(CC(N)C(=O)N4CCCCN4)c3)cc21. The minimum absolute atomic E-state index is 0.121. The van der Waals surface area contributed by atoms with Crippen LogP contribution >= 0.6 is 0 Å². The quantitative estimate of drug-likeness (QED) is 0.400. The molecule has 9 heteroatoms. The number of carbonyl (C=O) groups is 2. The fraction of sp³-hybridized carbons (Fsp3) is 0.464. The Hall–Kier alpha value is -3.43. The van der Waals surface area contributed by atoms with Crippen molar-refractivity contribution in [2.24, 2.45) is 11.1 Å². The molecule has 1 aliphatic heterocycles. The molecule has 1 unspecified atom stereocenters. The second-order valence-corrected chi connectivity index (χ2v) is 10.7. The summed E-state index contributed by atoms with van der Waals surface area (Å²) >= 11 is 0. The Morgan fingerprint density at radius 2 is 1.97 bits per heavy atom. The Morgan fingerprint density at radius 3 is 2.68 bits per heavy atom. The molecule has 1 fully saturated rings. The Labute approximate surface area is 217 Å². The number of imidazole rings is 1. The molecule has 1 aliphatic rings. The van der Waals surface area contributed by atoms with Crippen LogP contribution in [0.1, 0.15) is 45.0 Å². The summed E-state index contributed by atoms with van der Waals surface area (Å²) < 4.78 is 7.40. The molecule has 37 heavy (non-hydrogen) atoms. The number of carbonyl (C=O) groups excluding carboxylic acids is 2. The summed E-state index contributed by atoms with van der Waals surface area (Å²) in [6.45, 7) is 9.84. The fourth-order valence-corrected chi connectivity index (χ4v) is 4.77. The highest BCUT2D eigenvalue weighted by molar-refractivity contribution is 5.84. The molecule has 1 atom stereocenters. The van der Waals surface area contributed by atoms with Crippen LogP contribution in [0.4, 0.5) is 0 Å². The first kappa shape index (κ1) is 26.6. The first-order valence-corrected chi connectivity index (χ1v) is 12.8. The van der Waals surface area contributed by atoms with Crippen molar-refractivity contribution in [2.75, 3.05) is 19.7 Å². The van der Waals surface area contributed by atoms with E-state index >= 15 is 0 Å². The second kappa shape index (κ2) is 10.9. The lowest BCUT2D eigenvalue weighted by molar-refractivity contribution is -0.144. The summed E-state index contributed by atoms with van der Waals surface area (Å²) in [5.41, 5.74) is 13.4. The predicted molar refractivity (Wildman–Crippen MR) is 143 cm³/mol. The van der Waals surface area contributed by atoms with E-state index in [1.807, 2.05) is 25.1 Å². The van der Waals surface area contributed by atoms with Crippen LogP contribution in [0.2, 0.25) is 0 Å². The highest BCUT2D eigenvalue weighted by Crippen LogP contribution is 2.31. The number of amides is 1. The molecule has 0 spiro atoms. The number of hydrogen-bond acceptors (Lipinski definition) is 7. The highest BCUT2D eigenvalue weighted by atomic mass is 16.5. The molecule has 0 radical (unpaired) electrons. The number of hydrogen-bond donors (Lipinski definition) is 3. The van der Waals surface area contributed by atoms with Crippen LogP contribution in [0.5, 0.6) is 5.75 Å². The first-order chi connectivity index (χ1) is 17.5. The monoisotopic (exact) mass is 507 g/mol. The summed E-state index contributed by atoms with van der Waals surface area (Å²) in [4.78, 5) is 28.8. The number of aromatic hydroxyl groups is 1. The molecule has 1 amide bonds. The number of nitrogens with one attached hydrogen (secondary N) is 1. The summed E-state index contributed by atoms with van der Waals surface area (Å²) in [5, 5.41) is 12.1. The number of aryl methyl sites for hydroxylation is 1. The number of ether oxygens (including phenoxy) is 1. The van der Waals surface area contributed by atoms with Crippen molar-refractivity contribution in [3.05, 3.63) is 47.8 Å². The van der Waals surface area contributed by atoms with Crippen LogP contribution < -0.4 is 11.2 Å². The normalized spacial score (nSPS) is 15.1. The van der Waals surface area contributed by atoms with E-state index in [0.29, 0.717) is 26.1 Å². The van der Waals surface area contributed by atoms with E-state index in [1.165, 1.54) is 6.92 Å². The van der Waals surface area contributed by atoms with E-state index in [2.05, 4.69) is 29.9 Å². The summed E-state index contributed by atoms with van der Waals surface area (Å²) in [6, 6.07) is 10.6. The molecule has 4 N–H and O–H groups in total. The smallest absolute Gasteiger partial charge is 0.302 e. The number of fused-ring (bicyclic) bond motifs is 1. The fourth-order valence-electron chi connectivity index (χ4n) is 4.77. The third kappa shape index (κ3) is 6.47. The topological polar surface area (TPSA) is 123 Å². The van der Waals surface area contributed by atoms with Gasteiger partial charge in [-0.3, -0.25) is 14.6 Å². The zero-order valence-electron chi connectivity index (χ0n) is 22.1. The maximum atomic E-state index is 12.8. The number of nitrogens with two attached hydrogens (primary N) is 1. The molecule has 0 bridgehead atoms. The second-order valence-electron chi connectivity index (χ2n) is 10.7. The highest BCUT2D eigenvalue weighted by Gasteiger charge is 2.24.